The van der Waals surface area contributed by atoms with E-state index in [0.717, 1.165) is 11.1 Å². The Morgan fingerprint density at radius 1 is 0.865 bits per heavy atom. The first kappa shape index (κ1) is 24.6. The summed E-state index contributed by atoms with van der Waals surface area (Å²) >= 11 is 0. The number of para-hydroxylation sites is 1. The molecule has 2 heterocycles. The molecule has 1 aromatic heterocycles. The fraction of sp³-hybridized carbons (Fsp3) is 0.250. The molecule has 1 fully saturated rings. The van der Waals surface area contributed by atoms with Crippen LogP contribution in [-0.4, -0.2) is 40.6 Å². The second-order valence-electron chi connectivity index (χ2n) is 9.05. The standard InChI is InChI=1S/C28H26F2N4O3/c1-2-33-24-6-4-3-5-23(24)26(27(28(33)35)34(36)37)32-17-15-31(16-18-32)25(19-7-11-21(29)12-8-19)20-9-13-22(30)14-10-20/h3-14,25H,2,15-18H2,1H3. The van der Waals surface area contributed by atoms with Gasteiger partial charge in [0.15, 0.2) is 0 Å². The van der Waals surface area contributed by atoms with Gasteiger partial charge in [0.1, 0.15) is 17.3 Å². The molecule has 0 atom stereocenters. The summed E-state index contributed by atoms with van der Waals surface area (Å²) in [6, 6.07) is 19.5. The fourth-order valence-corrected chi connectivity index (χ4v) is 5.28. The molecule has 1 saturated heterocycles. The van der Waals surface area contributed by atoms with Gasteiger partial charge in [0.25, 0.3) is 0 Å². The summed E-state index contributed by atoms with van der Waals surface area (Å²) in [7, 11) is 0. The fourth-order valence-electron chi connectivity index (χ4n) is 5.28. The van der Waals surface area contributed by atoms with E-state index in [0.29, 0.717) is 49.3 Å². The molecule has 0 amide bonds. The van der Waals surface area contributed by atoms with Crippen molar-refractivity contribution >= 4 is 22.3 Å². The highest BCUT2D eigenvalue weighted by molar-refractivity contribution is 5.96. The van der Waals surface area contributed by atoms with Gasteiger partial charge in [-0.1, -0.05) is 42.5 Å². The maximum absolute atomic E-state index is 13.7. The number of rotatable bonds is 6. The molecule has 0 bridgehead atoms. The lowest BCUT2D eigenvalue weighted by Crippen LogP contribution is -2.48. The van der Waals surface area contributed by atoms with Crippen molar-refractivity contribution in [2.24, 2.45) is 0 Å². The molecule has 3 aromatic carbocycles. The Kier molecular flexibility index (Phi) is 6.71. The predicted molar refractivity (Wildman–Crippen MR) is 139 cm³/mol. The molecule has 0 unspecified atom stereocenters. The number of hydrogen-bond acceptors (Lipinski definition) is 5. The van der Waals surface area contributed by atoms with Crippen LogP contribution in [0.3, 0.4) is 0 Å². The first-order chi connectivity index (χ1) is 17.9. The number of nitrogens with zero attached hydrogens (tertiary/aromatic N) is 4. The molecule has 0 N–H and O–H groups in total. The molecule has 1 aliphatic heterocycles. The number of pyridine rings is 1. The number of anilines is 1. The van der Waals surface area contributed by atoms with E-state index >= 15 is 0 Å². The molecule has 1 aliphatic rings. The lowest BCUT2D eigenvalue weighted by Gasteiger charge is -2.40. The molecule has 0 aliphatic carbocycles. The van der Waals surface area contributed by atoms with E-state index in [2.05, 4.69) is 4.90 Å². The van der Waals surface area contributed by atoms with E-state index in [1.54, 1.807) is 31.2 Å². The summed E-state index contributed by atoms with van der Waals surface area (Å²) in [5, 5.41) is 12.8. The maximum Gasteiger partial charge on any atom is 0.357 e. The minimum atomic E-state index is -0.612. The quantitative estimate of drug-likeness (QED) is 0.269. The SMILES string of the molecule is CCn1c(=O)c([N+](=O)[O-])c(N2CCN(C(c3ccc(F)cc3)c3ccc(F)cc3)CC2)c2ccccc21. The van der Waals surface area contributed by atoms with Crippen molar-refractivity contribution < 1.29 is 13.7 Å². The Balaban J connectivity index is 1.52. The highest BCUT2D eigenvalue weighted by Crippen LogP contribution is 2.36. The molecular weight excluding hydrogens is 478 g/mol. The van der Waals surface area contributed by atoms with Gasteiger partial charge >= 0.3 is 11.2 Å². The lowest BCUT2D eigenvalue weighted by molar-refractivity contribution is -0.385. The summed E-state index contributed by atoms with van der Waals surface area (Å²) in [6.45, 7) is 4.06. The number of hydrogen-bond donors (Lipinski definition) is 0. The van der Waals surface area contributed by atoms with Gasteiger partial charge in [-0.25, -0.2) is 8.78 Å². The lowest BCUT2D eigenvalue weighted by atomic mass is 9.96. The Morgan fingerprint density at radius 2 is 1.41 bits per heavy atom. The van der Waals surface area contributed by atoms with Crippen LogP contribution in [0.25, 0.3) is 10.9 Å². The Hall–Kier alpha value is -4.11. The van der Waals surface area contributed by atoms with Crippen molar-refractivity contribution in [3.63, 3.8) is 0 Å². The van der Waals surface area contributed by atoms with Crippen LogP contribution in [0, 0.1) is 21.7 Å². The summed E-state index contributed by atoms with van der Waals surface area (Å²) in [5.41, 5.74) is 1.71. The van der Waals surface area contributed by atoms with Gasteiger partial charge in [-0.3, -0.25) is 19.8 Å². The number of fused-ring (bicyclic) bond motifs is 1. The van der Waals surface area contributed by atoms with Gasteiger partial charge in [0.2, 0.25) is 0 Å². The van der Waals surface area contributed by atoms with Crippen LogP contribution in [0.4, 0.5) is 20.2 Å². The molecule has 37 heavy (non-hydrogen) atoms. The minimum Gasteiger partial charge on any atom is -0.363 e. The molecular formula is C28H26F2N4O3. The van der Waals surface area contributed by atoms with Crippen LogP contribution in [0.5, 0.6) is 0 Å². The van der Waals surface area contributed by atoms with E-state index < -0.39 is 16.2 Å². The van der Waals surface area contributed by atoms with Crippen LogP contribution in [0.2, 0.25) is 0 Å². The number of aryl methyl sites for hydroxylation is 1. The molecule has 190 valence electrons. The summed E-state index contributed by atoms with van der Waals surface area (Å²) in [6.07, 6.45) is 0. The number of benzene rings is 3. The largest absolute Gasteiger partial charge is 0.363 e. The van der Waals surface area contributed by atoms with Gasteiger partial charge in [-0.2, -0.15) is 0 Å². The van der Waals surface area contributed by atoms with E-state index in [4.69, 9.17) is 0 Å². The Morgan fingerprint density at radius 3 is 1.92 bits per heavy atom. The second-order valence-corrected chi connectivity index (χ2v) is 9.05. The zero-order valence-electron chi connectivity index (χ0n) is 20.3. The van der Waals surface area contributed by atoms with Gasteiger partial charge in [-0.15, -0.1) is 0 Å². The van der Waals surface area contributed by atoms with Crippen LogP contribution >= 0.6 is 0 Å². The van der Waals surface area contributed by atoms with Gasteiger partial charge in [-0.05, 0) is 48.4 Å². The molecule has 7 nitrogen and oxygen atoms in total. The van der Waals surface area contributed by atoms with Gasteiger partial charge in [0, 0.05) is 38.1 Å². The molecule has 4 aromatic rings. The average Bonchev–Trinajstić information content (AvgIpc) is 2.90. The second kappa shape index (κ2) is 10.1. The summed E-state index contributed by atoms with van der Waals surface area (Å²) in [4.78, 5) is 28.7. The third-order valence-electron chi connectivity index (χ3n) is 6.99. The smallest absolute Gasteiger partial charge is 0.357 e. The summed E-state index contributed by atoms with van der Waals surface area (Å²) in [5.74, 6) is -0.681. The molecule has 9 heteroatoms. The topological polar surface area (TPSA) is 71.6 Å². The van der Waals surface area contributed by atoms with Crippen molar-refractivity contribution in [1.29, 1.82) is 0 Å². The van der Waals surface area contributed by atoms with Crippen LogP contribution in [-0.2, 0) is 6.54 Å². The molecule has 0 spiro atoms. The van der Waals surface area contributed by atoms with Crippen molar-refractivity contribution in [3.05, 3.63) is 116 Å². The van der Waals surface area contributed by atoms with E-state index in [9.17, 15) is 23.7 Å². The number of aromatic nitrogens is 1. The van der Waals surface area contributed by atoms with Gasteiger partial charge < -0.3 is 9.47 Å². The minimum absolute atomic E-state index is 0.247. The van der Waals surface area contributed by atoms with Crippen molar-refractivity contribution in [2.75, 3.05) is 31.1 Å². The highest BCUT2D eigenvalue weighted by atomic mass is 19.1. The van der Waals surface area contributed by atoms with Crippen LogP contribution in [0.1, 0.15) is 24.1 Å². The Labute approximate surface area is 212 Å². The van der Waals surface area contributed by atoms with Crippen molar-refractivity contribution in [2.45, 2.75) is 19.5 Å². The van der Waals surface area contributed by atoms with Crippen LogP contribution in [0.15, 0.2) is 77.6 Å². The number of piperazine rings is 1. The van der Waals surface area contributed by atoms with E-state index in [1.807, 2.05) is 29.2 Å². The normalized spacial score (nSPS) is 14.4. The third-order valence-corrected chi connectivity index (χ3v) is 6.99. The Bertz CT molecular complexity index is 1450. The first-order valence-corrected chi connectivity index (χ1v) is 12.2. The maximum atomic E-state index is 13.7. The van der Waals surface area contributed by atoms with E-state index in [1.165, 1.54) is 28.8 Å². The summed E-state index contributed by atoms with van der Waals surface area (Å²) < 4.78 is 28.7. The zero-order chi connectivity index (χ0) is 26.1. The van der Waals surface area contributed by atoms with Crippen molar-refractivity contribution in [1.82, 2.24) is 9.47 Å². The monoisotopic (exact) mass is 504 g/mol. The third kappa shape index (κ3) is 4.58. The zero-order valence-corrected chi connectivity index (χ0v) is 20.3. The highest BCUT2D eigenvalue weighted by Gasteiger charge is 2.33. The molecule has 5 rings (SSSR count). The van der Waals surface area contributed by atoms with Crippen LogP contribution < -0.4 is 10.5 Å². The van der Waals surface area contributed by atoms with E-state index in [-0.39, 0.29) is 17.7 Å². The number of nitro groups is 1. The average molecular weight is 505 g/mol. The van der Waals surface area contributed by atoms with Gasteiger partial charge in [0.05, 0.1) is 16.5 Å². The first-order valence-electron chi connectivity index (χ1n) is 12.2. The number of halogens is 2. The molecule has 0 saturated carbocycles. The molecule has 0 radical (unpaired) electrons. The predicted octanol–water partition coefficient (Wildman–Crippen LogP) is 5.12. The van der Waals surface area contributed by atoms with Crippen molar-refractivity contribution in [3.8, 4) is 0 Å².